The van der Waals surface area contributed by atoms with E-state index in [1.807, 2.05) is 12.1 Å². The Morgan fingerprint density at radius 1 is 1.03 bits per heavy atom. The van der Waals surface area contributed by atoms with Gasteiger partial charge in [0.1, 0.15) is 5.75 Å². The number of hydrogen-bond acceptors (Lipinski definition) is 5. The zero-order valence-corrected chi connectivity index (χ0v) is 18.5. The molecule has 3 aromatic rings. The highest BCUT2D eigenvalue weighted by molar-refractivity contribution is 9.10. The number of carbonyl (C=O) groups is 1. The van der Waals surface area contributed by atoms with Crippen LogP contribution in [0.2, 0.25) is 0 Å². The second-order valence-electron chi connectivity index (χ2n) is 6.40. The van der Waals surface area contributed by atoms with Gasteiger partial charge in [0.25, 0.3) is 10.0 Å². The monoisotopic (exact) mass is 489 g/mol. The first kappa shape index (κ1) is 21.8. The Kier molecular flexibility index (Phi) is 7.07. The smallest absolute Gasteiger partial charge is 0.261 e. The van der Waals surface area contributed by atoms with E-state index in [1.54, 1.807) is 42.6 Å². The SMILES string of the molecule is COc1ccc(S(=O)(=O)Nc2ccc(CC(=O)NCc3ccc(Br)cn3)cc2)cc1. The Hall–Kier alpha value is -2.91. The first-order valence-electron chi connectivity index (χ1n) is 8.99. The molecular weight excluding hydrogens is 470 g/mol. The van der Waals surface area contributed by atoms with Crippen molar-refractivity contribution in [1.82, 2.24) is 10.3 Å². The predicted octanol–water partition coefficient (Wildman–Crippen LogP) is 3.51. The van der Waals surface area contributed by atoms with Gasteiger partial charge in [-0.2, -0.15) is 0 Å². The molecule has 0 spiro atoms. The Balaban J connectivity index is 1.56. The minimum absolute atomic E-state index is 0.133. The molecule has 1 amide bonds. The first-order valence-corrected chi connectivity index (χ1v) is 11.3. The van der Waals surface area contributed by atoms with Gasteiger partial charge in [0, 0.05) is 16.4 Å². The molecule has 0 saturated heterocycles. The number of rotatable bonds is 8. The molecule has 2 N–H and O–H groups in total. The minimum Gasteiger partial charge on any atom is -0.497 e. The van der Waals surface area contributed by atoms with Gasteiger partial charge in [0.05, 0.1) is 30.7 Å². The molecule has 0 aliphatic rings. The largest absolute Gasteiger partial charge is 0.497 e. The van der Waals surface area contributed by atoms with E-state index in [0.29, 0.717) is 18.0 Å². The van der Waals surface area contributed by atoms with E-state index in [1.165, 1.54) is 19.2 Å². The van der Waals surface area contributed by atoms with Crippen molar-refractivity contribution >= 4 is 37.5 Å². The third-order valence-electron chi connectivity index (χ3n) is 4.20. The number of hydrogen-bond donors (Lipinski definition) is 2. The van der Waals surface area contributed by atoms with Crippen LogP contribution in [-0.2, 0) is 27.8 Å². The van der Waals surface area contributed by atoms with Crippen molar-refractivity contribution in [3.8, 4) is 5.75 Å². The number of sulfonamides is 1. The van der Waals surface area contributed by atoms with Crippen molar-refractivity contribution < 1.29 is 17.9 Å². The maximum atomic E-state index is 12.5. The van der Waals surface area contributed by atoms with Gasteiger partial charge in [0.15, 0.2) is 0 Å². The van der Waals surface area contributed by atoms with Crippen LogP contribution in [0.4, 0.5) is 5.69 Å². The number of aromatic nitrogens is 1. The van der Waals surface area contributed by atoms with Crippen LogP contribution in [0.1, 0.15) is 11.3 Å². The predicted molar refractivity (Wildman–Crippen MR) is 118 cm³/mol. The standard InChI is InChI=1S/C21H20BrN3O4S/c1-29-19-8-10-20(11-9-19)30(27,28)25-17-5-2-15(3-6-17)12-21(26)24-14-18-7-4-16(22)13-23-18/h2-11,13,25H,12,14H2,1H3,(H,24,26). The molecule has 0 atom stereocenters. The number of nitrogens with zero attached hydrogens (tertiary/aromatic N) is 1. The molecule has 1 heterocycles. The second-order valence-corrected chi connectivity index (χ2v) is 9.00. The van der Waals surface area contributed by atoms with Crippen molar-refractivity contribution in [2.45, 2.75) is 17.9 Å². The third-order valence-corrected chi connectivity index (χ3v) is 6.06. The van der Waals surface area contributed by atoms with E-state index in [2.05, 4.69) is 31.0 Å². The fourth-order valence-corrected chi connectivity index (χ4v) is 3.90. The number of benzene rings is 2. The van der Waals surface area contributed by atoms with E-state index >= 15 is 0 Å². The molecule has 0 unspecified atom stereocenters. The van der Waals surface area contributed by atoms with Crippen LogP contribution in [0.25, 0.3) is 0 Å². The molecule has 9 heteroatoms. The lowest BCUT2D eigenvalue weighted by molar-refractivity contribution is -0.120. The topological polar surface area (TPSA) is 97.4 Å². The summed E-state index contributed by atoms with van der Waals surface area (Å²) in [6.45, 7) is 0.339. The lowest BCUT2D eigenvalue weighted by Gasteiger charge is -2.10. The van der Waals surface area contributed by atoms with Gasteiger partial charge in [-0.25, -0.2) is 8.42 Å². The molecular formula is C21H20BrN3O4S. The van der Waals surface area contributed by atoms with Crippen LogP contribution >= 0.6 is 15.9 Å². The highest BCUT2D eigenvalue weighted by Crippen LogP contribution is 2.19. The molecule has 3 rings (SSSR count). The maximum Gasteiger partial charge on any atom is 0.261 e. The van der Waals surface area contributed by atoms with Crippen molar-refractivity contribution in [3.63, 3.8) is 0 Å². The van der Waals surface area contributed by atoms with E-state index in [4.69, 9.17) is 4.74 Å². The average Bonchev–Trinajstić information content (AvgIpc) is 2.74. The number of halogens is 1. The summed E-state index contributed by atoms with van der Waals surface area (Å²) in [7, 11) is -2.20. The van der Waals surface area contributed by atoms with Crippen LogP contribution in [0.3, 0.4) is 0 Å². The van der Waals surface area contributed by atoms with Gasteiger partial charge in [0.2, 0.25) is 5.91 Å². The fourth-order valence-electron chi connectivity index (χ4n) is 2.61. The van der Waals surface area contributed by atoms with Crippen LogP contribution in [0, 0.1) is 0 Å². The van der Waals surface area contributed by atoms with Crippen molar-refractivity contribution in [2.24, 2.45) is 0 Å². The summed E-state index contributed by atoms with van der Waals surface area (Å²) in [5.41, 5.74) is 1.94. The van der Waals surface area contributed by atoms with Crippen LogP contribution in [0.5, 0.6) is 5.75 Å². The number of ether oxygens (including phenoxy) is 1. The lowest BCUT2D eigenvalue weighted by atomic mass is 10.1. The summed E-state index contributed by atoms with van der Waals surface area (Å²) in [6, 6.07) is 16.5. The molecule has 30 heavy (non-hydrogen) atoms. The highest BCUT2D eigenvalue weighted by Gasteiger charge is 2.14. The molecule has 0 aliphatic carbocycles. The molecule has 2 aromatic carbocycles. The summed E-state index contributed by atoms with van der Waals surface area (Å²) in [5.74, 6) is 0.429. The Morgan fingerprint density at radius 3 is 2.33 bits per heavy atom. The molecule has 0 saturated carbocycles. The summed E-state index contributed by atoms with van der Waals surface area (Å²) in [6.07, 6.45) is 1.86. The van der Waals surface area contributed by atoms with Crippen LogP contribution in [0.15, 0.2) is 76.2 Å². The highest BCUT2D eigenvalue weighted by atomic mass is 79.9. The Morgan fingerprint density at radius 2 is 1.73 bits per heavy atom. The molecule has 7 nitrogen and oxygen atoms in total. The average molecular weight is 490 g/mol. The Labute approximate surface area is 183 Å². The second kappa shape index (κ2) is 9.73. The third kappa shape index (κ3) is 6.04. The van der Waals surface area contributed by atoms with Crippen molar-refractivity contribution in [1.29, 1.82) is 0 Å². The van der Waals surface area contributed by atoms with Crippen LogP contribution < -0.4 is 14.8 Å². The fraction of sp³-hybridized carbons (Fsp3) is 0.143. The van der Waals surface area contributed by atoms with Crippen molar-refractivity contribution in [2.75, 3.05) is 11.8 Å². The number of carbonyl (C=O) groups excluding carboxylic acids is 1. The van der Waals surface area contributed by atoms with Crippen molar-refractivity contribution in [3.05, 3.63) is 82.6 Å². The quantitative estimate of drug-likeness (QED) is 0.504. The van der Waals surface area contributed by atoms with E-state index in [-0.39, 0.29) is 17.2 Å². The number of anilines is 1. The first-order chi connectivity index (χ1) is 14.4. The molecule has 156 valence electrons. The van der Waals surface area contributed by atoms with E-state index in [0.717, 1.165) is 15.7 Å². The summed E-state index contributed by atoms with van der Waals surface area (Å²) >= 11 is 3.31. The van der Waals surface area contributed by atoms with Crippen LogP contribution in [-0.4, -0.2) is 26.4 Å². The van der Waals surface area contributed by atoms with E-state index in [9.17, 15) is 13.2 Å². The molecule has 0 bridgehead atoms. The minimum atomic E-state index is -3.71. The molecule has 0 fully saturated rings. The molecule has 0 aliphatic heterocycles. The zero-order valence-electron chi connectivity index (χ0n) is 16.1. The number of amides is 1. The lowest BCUT2D eigenvalue weighted by Crippen LogP contribution is -2.25. The zero-order chi connectivity index (χ0) is 21.6. The van der Waals surface area contributed by atoms with Gasteiger partial charge in [-0.05, 0) is 70.0 Å². The number of nitrogens with one attached hydrogen (secondary N) is 2. The van der Waals surface area contributed by atoms with Gasteiger partial charge in [-0.3, -0.25) is 14.5 Å². The molecule has 0 radical (unpaired) electrons. The van der Waals surface area contributed by atoms with Gasteiger partial charge in [-0.1, -0.05) is 12.1 Å². The number of methoxy groups -OCH3 is 1. The van der Waals surface area contributed by atoms with Gasteiger partial charge >= 0.3 is 0 Å². The summed E-state index contributed by atoms with van der Waals surface area (Å²) in [4.78, 5) is 16.5. The Bertz CT molecular complexity index is 1100. The summed E-state index contributed by atoms with van der Waals surface area (Å²) in [5, 5.41) is 2.81. The molecule has 1 aromatic heterocycles. The van der Waals surface area contributed by atoms with E-state index < -0.39 is 10.0 Å². The van der Waals surface area contributed by atoms with Gasteiger partial charge in [-0.15, -0.1) is 0 Å². The van der Waals surface area contributed by atoms with Gasteiger partial charge < -0.3 is 10.1 Å². The normalized spacial score (nSPS) is 11.0. The maximum absolute atomic E-state index is 12.5. The summed E-state index contributed by atoms with van der Waals surface area (Å²) < 4.78 is 33.4. The number of pyridine rings is 1.